The topological polar surface area (TPSA) is 38.9 Å². The van der Waals surface area contributed by atoms with Crippen molar-refractivity contribution in [1.29, 1.82) is 0 Å². The minimum atomic E-state index is -0.636. The maximum absolute atomic E-state index is 13.7. The monoisotopic (exact) mass is 270 g/mol. The van der Waals surface area contributed by atoms with E-state index in [-0.39, 0.29) is 0 Å². The molecule has 0 saturated carbocycles. The molecule has 2 rings (SSSR count). The van der Waals surface area contributed by atoms with Crippen molar-refractivity contribution in [3.05, 3.63) is 63.6 Å². The van der Waals surface area contributed by atoms with E-state index in [2.05, 4.69) is 4.98 Å². The van der Waals surface area contributed by atoms with Crippen LogP contribution in [0.15, 0.2) is 36.7 Å². The van der Waals surface area contributed by atoms with Crippen LogP contribution in [0, 0.1) is 5.82 Å². The van der Waals surface area contributed by atoms with Crippen LogP contribution < -0.4 is 5.73 Å². The van der Waals surface area contributed by atoms with Crippen LogP contribution in [-0.2, 0) is 0 Å². The number of pyridine rings is 1. The molecule has 0 fully saturated rings. The molecule has 5 heteroatoms. The van der Waals surface area contributed by atoms with E-state index in [1.165, 1.54) is 12.3 Å². The van der Waals surface area contributed by atoms with Crippen LogP contribution in [0.25, 0.3) is 0 Å². The Morgan fingerprint density at radius 3 is 2.59 bits per heavy atom. The van der Waals surface area contributed by atoms with Crippen LogP contribution in [0.3, 0.4) is 0 Å². The highest BCUT2D eigenvalue weighted by Gasteiger charge is 2.16. The van der Waals surface area contributed by atoms with Gasteiger partial charge in [0, 0.05) is 23.0 Å². The van der Waals surface area contributed by atoms with Crippen LogP contribution in [0.4, 0.5) is 4.39 Å². The Labute approximate surface area is 108 Å². The van der Waals surface area contributed by atoms with Crippen molar-refractivity contribution in [1.82, 2.24) is 4.98 Å². The number of hydrogen-bond acceptors (Lipinski definition) is 2. The van der Waals surface area contributed by atoms with Gasteiger partial charge in [0.05, 0.1) is 11.1 Å². The predicted octanol–water partition coefficient (Wildman–Crippen LogP) is 3.58. The minimum Gasteiger partial charge on any atom is -0.320 e. The fourth-order valence-corrected chi connectivity index (χ4v) is 1.96. The van der Waals surface area contributed by atoms with Gasteiger partial charge in [-0.2, -0.15) is 0 Å². The largest absolute Gasteiger partial charge is 0.320 e. The quantitative estimate of drug-likeness (QED) is 0.906. The molecule has 1 aromatic carbocycles. The minimum absolute atomic E-state index is 0.333. The van der Waals surface area contributed by atoms with Gasteiger partial charge in [-0.15, -0.1) is 0 Å². The molecule has 0 aliphatic carbocycles. The first-order valence-corrected chi connectivity index (χ1v) is 5.65. The van der Waals surface area contributed by atoms with Gasteiger partial charge in [-0.25, -0.2) is 4.39 Å². The van der Waals surface area contributed by atoms with Gasteiger partial charge >= 0.3 is 0 Å². The molecule has 1 heterocycles. The maximum Gasteiger partial charge on any atom is 0.129 e. The summed E-state index contributed by atoms with van der Waals surface area (Å²) in [4.78, 5) is 3.86. The molecule has 2 N–H and O–H groups in total. The Balaban J connectivity index is 2.44. The third-order valence-corrected chi connectivity index (χ3v) is 2.99. The first kappa shape index (κ1) is 12.3. The lowest BCUT2D eigenvalue weighted by atomic mass is 10.0. The van der Waals surface area contributed by atoms with Crippen molar-refractivity contribution in [2.24, 2.45) is 5.73 Å². The molecular formula is C12H9Cl2FN2. The molecule has 0 radical (unpaired) electrons. The van der Waals surface area contributed by atoms with Gasteiger partial charge in [-0.1, -0.05) is 29.3 Å². The summed E-state index contributed by atoms with van der Waals surface area (Å²) in [5, 5.41) is 0.744. The first-order valence-electron chi connectivity index (χ1n) is 4.89. The number of benzene rings is 1. The van der Waals surface area contributed by atoms with Crippen molar-refractivity contribution < 1.29 is 4.39 Å². The average Bonchev–Trinajstić information content (AvgIpc) is 2.29. The summed E-state index contributed by atoms with van der Waals surface area (Å²) < 4.78 is 13.7. The van der Waals surface area contributed by atoms with Crippen molar-refractivity contribution in [3.63, 3.8) is 0 Å². The van der Waals surface area contributed by atoms with Gasteiger partial charge < -0.3 is 5.73 Å². The highest BCUT2D eigenvalue weighted by atomic mass is 35.5. The smallest absolute Gasteiger partial charge is 0.129 e. The molecule has 0 aliphatic rings. The molecule has 2 nitrogen and oxygen atoms in total. The van der Waals surface area contributed by atoms with Gasteiger partial charge in [0.1, 0.15) is 5.82 Å². The molecule has 0 bridgehead atoms. The van der Waals surface area contributed by atoms with Gasteiger partial charge in [0.2, 0.25) is 0 Å². The Bertz CT molecular complexity index is 546. The Morgan fingerprint density at radius 1 is 1.18 bits per heavy atom. The Kier molecular flexibility index (Phi) is 3.62. The van der Waals surface area contributed by atoms with E-state index < -0.39 is 11.9 Å². The van der Waals surface area contributed by atoms with E-state index in [1.807, 2.05) is 0 Å². The summed E-state index contributed by atoms with van der Waals surface area (Å²) in [6, 6.07) is 5.41. The molecule has 0 amide bonds. The molecule has 0 spiro atoms. The van der Waals surface area contributed by atoms with E-state index in [0.717, 1.165) is 0 Å². The third-order valence-electron chi connectivity index (χ3n) is 2.44. The lowest BCUT2D eigenvalue weighted by Crippen LogP contribution is -2.14. The summed E-state index contributed by atoms with van der Waals surface area (Å²) in [6.45, 7) is 0. The summed E-state index contributed by atoms with van der Waals surface area (Å²) >= 11 is 11.6. The Hall–Kier alpha value is -1.16. The highest BCUT2D eigenvalue weighted by Crippen LogP contribution is 2.28. The maximum atomic E-state index is 13.7. The molecule has 1 atom stereocenters. The lowest BCUT2D eigenvalue weighted by Gasteiger charge is -2.14. The van der Waals surface area contributed by atoms with Crippen LogP contribution in [0.1, 0.15) is 17.2 Å². The summed E-state index contributed by atoms with van der Waals surface area (Å²) in [6.07, 6.45) is 3.04. The van der Waals surface area contributed by atoms with Crippen molar-refractivity contribution in [3.8, 4) is 0 Å². The SMILES string of the molecule is NC(c1ccc(Cl)cc1F)c1ccncc1Cl. The third kappa shape index (κ3) is 2.57. The number of rotatable bonds is 2. The van der Waals surface area contributed by atoms with Crippen LogP contribution in [-0.4, -0.2) is 4.98 Å². The predicted molar refractivity (Wildman–Crippen MR) is 66.7 cm³/mol. The number of aromatic nitrogens is 1. The molecular weight excluding hydrogens is 262 g/mol. The van der Waals surface area contributed by atoms with Gasteiger partial charge in [-0.3, -0.25) is 4.98 Å². The van der Waals surface area contributed by atoms with Gasteiger partial charge in [-0.05, 0) is 23.8 Å². The van der Waals surface area contributed by atoms with Crippen LogP contribution in [0.5, 0.6) is 0 Å². The zero-order valence-electron chi connectivity index (χ0n) is 8.70. The van der Waals surface area contributed by atoms with E-state index >= 15 is 0 Å². The summed E-state index contributed by atoms with van der Waals surface area (Å²) in [5.41, 5.74) is 6.95. The molecule has 2 aromatic rings. The molecule has 0 saturated heterocycles. The number of halogens is 3. The van der Waals surface area contributed by atoms with Crippen LogP contribution in [0.2, 0.25) is 10.0 Å². The van der Waals surface area contributed by atoms with E-state index in [9.17, 15) is 4.39 Å². The second-order valence-corrected chi connectivity index (χ2v) is 4.38. The fraction of sp³-hybridized carbons (Fsp3) is 0.0833. The zero-order chi connectivity index (χ0) is 12.4. The van der Waals surface area contributed by atoms with E-state index in [1.54, 1.807) is 24.4 Å². The zero-order valence-corrected chi connectivity index (χ0v) is 10.2. The average molecular weight is 271 g/mol. The second kappa shape index (κ2) is 5.00. The number of nitrogens with two attached hydrogens (primary N) is 1. The Morgan fingerprint density at radius 2 is 1.94 bits per heavy atom. The van der Waals surface area contributed by atoms with E-state index in [0.29, 0.717) is 21.2 Å². The van der Waals surface area contributed by atoms with Crippen molar-refractivity contribution in [2.45, 2.75) is 6.04 Å². The van der Waals surface area contributed by atoms with Gasteiger partial charge in [0.15, 0.2) is 0 Å². The molecule has 88 valence electrons. The lowest BCUT2D eigenvalue weighted by molar-refractivity contribution is 0.599. The van der Waals surface area contributed by atoms with E-state index in [4.69, 9.17) is 28.9 Å². The van der Waals surface area contributed by atoms with Crippen molar-refractivity contribution in [2.75, 3.05) is 0 Å². The first-order chi connectivity index (χ1) is 8.09. The number of hydrogen-bond donors (Lipinski definition) is 1. The second-order valence-electron chi connectivity index (χ2n) is 3.54. The normalized spacial score (nSPS) is 12.5. The molecule has 1 aromatic heterocycles. The van der Waals surface area contributed by atoms with Crippen LogP contribution >= 0.6 is 23.2 Å². The summed E-state index contributed by atoms with van der Waals surface area (Å²) in [5.74, 6) is -0.446. The van der Waals surface area contributed by atoms with Crippen molar-refractivity contribution >= 4 is 23.2 Å². The highest BCUT2D eigenvalue weighted by molar-refractivity contribution is 6.31. The number of nitrogens with zero attached hydrogens (tertiary/aromatic N) is 1. The molecule has 17 heavy (non-hydrogen) atoms. The molecule has 0 aliphatic heterocycles. The standard InChI is InChI=1S/C12H9Cl2FN2/c13-7-1-2-9(11(15)5-7)12(16)8-3-4-17-6-10(8)14/h1-6,12H,16H2. The summed E-state index contributed by atoms with van der Waals surface area (Å²) in [7, 11) is 0. The fourth-order valence-electron chi connectivity index (χ4n) is 1.56. The molecule has 1 unspecified atom stereocenters. The van der Waals surface area contributed by atoms with Gasteiger partial charge in [0.25, 0.3) is 0 Å².